The maximum absolute atomic E-state index is 5.21. The van der Waals surface area contributed by atoms with Crippen LogP contribution < -0.4 is 5.32 Å². The smallest absolute Gasteiger partial charge is 0.127 e. The maximum Gasteiger partial charge on any atom is 0.127 e. The molecule has 1 heterocycles. The van der Waals surface area contributed by atoms with Crippen molar-refractivity contribution in [3.05, 3.63) is 23.5 Å². The van der Waals surface area contributed by atoms with Gasteiger partial charge in [-0.1, -0.05) is 12.2 Å². The summed E-state index contributed by atoms with van der Waals surface area (Å²) in [4.78, 5) is 0.647. The van der Waals surface area contributed by atoms with E-state index in [0.29, 0.717) is 4.99 Å². The molecule has 1 aromatic rings. The van der Waals surface area contributed by atoms with Gasteiger partial charge in [0.1, 0.15) is 10.7 Å². The van der Waals surface area contributed by atoms with Gasteiger partial charge in [0.25, 0.3) is 0 Å². The summed E-state index contributed by atoms with van der Waals surface area (Å²) < 4.78 is 0. The van der Waals surface area contributed by atoms with Crippen molar-refractivity contribution in [3.63, 3.8) is 0 Å². The minimum Gasteiger partial charge on any atom is -0.370 e. The molecule has 0 radical (unpaired) electrons. The van der Waals surface area contributed by atoms with Crippen molar-refractivity contribution in [2.45, 2.75) is 33.2 Å². The third-order valence-corrected chi connectivity index (χ3v) is 1.82. The first-order chi connectivity index (χ1) is 6.38. The Labute approximate surface area is 89.9 Å². The fourth-order valence-corrected chi connectivity index (χ4v) is 1.39. The number of aryl methyl sites for hydroxylation is 1. The monoisotopic (exact) mass is 209 g/mol. The normalized spacial score (nSPS) is 11.1. The number of nitrogens with one attached hydrogen (secondary N) is 1. The van der Waals surface area contributed by atoms with Crippen LogP contribution in [0, 0.1) is 6.92 Å². The van der Waals surface area contributed by atoms with Crippen LogP contribution in [0.25, 0.3) is 0 Å². The third kappa shape index (κ3) is 3.38. The fraction of sp³-hybridized carbons (Fsp3) is 0.500. The van der Waals surface area contributed by atoms with Crippen LogP contribution in [0.2, 0.25) is 0 Å². The molecule has 0 saturated heterocycles. The van der Waals surface area contributed by atoms with E-state index in [9.17, 15) is 0 Å². The van der Waals surface area contributed by atoms with Gasteiger partial charge < -0.3 is 5.32 Å². The molecule has 0 unspecified atom stereocenters. The molecule has 3 nitrogen and oxygen atoms in total. The number of rotatable bonds is 1. The molecule has 0 fully saturated rings. The zero-order valence-electron chi connectivity index (χ0n) is 8.96. The fourth-order valence-electron chi connectivity index (χ4n) is 0.980. The van der Waals surface area contributed by atoms with Gasteiger partial charge in [-0.2, -0.15) is 5.10 Å². The molecular weight excluding hydrogens is 194 g/mol. The van der Waals surface area contributed by atoms with Crippen molar-refractivity contribution in [2.24, 2.45) is 0 Å². The van der Waals surface area contributed by atoms with Gasteiger partial charge in [-0.3, -0.25) is 0 Å². The van der Waals surface area contributed by atoms with Gasteiger partial charge in [-0.15, -0.1) is 5.10 Å². The molecular formula is C10H15N3S. The second-order valence-electron chi connectivity index (χ2n) is 4.32. The SMILES string of the molecule is Cc1cnnc(C(=S)NC(C)(C)C)c1. The zero-order valence-corrected chi connectivity index (χ0v) is 9.77. The average Bonchev–Trinajstić information content (AvgIpc) is 2.01. The van der Waals surface area contributed by atoms with Crippen molar-refractivity contribution < 1.29 is 0 Å². The molecule has 0 amide bonds. The van der Waals surface area contributed by atoms with E-state index in [2.05, 4.69) is 36.3 Å². The first-order valence-electron chi connectivity index (χ1n) is 4.50. The molecule has 14 heavy (non-hydrogen) atoms. The summed E-state index contributed by atoms with van der Waals surface area (Å²) >= 11 is 5.21. The minimum absolute atomic E-state index is 0.0392. The highest BCUT2D eigenvalue weighted by Crippen LogP contribution is 2.04. The summed E-state index contributed by atoms with van der Waals surface area (Å²) in [6, 6.07) is 1.92. The summed E-state index contributed by atoms with van der Waals surface area (Å²) in [7, 11) is 0. The van der Waals surface area contributed by atoms with E-state index in [1.54, 1.807) is 6.20 Å². The quantitative estimate of drug-likeness (QED) is 0.716. The summed E-state index contributed by atoms with van der Waals surface area (Å²) in [5.74, 6) is 0. The van der Waals surface area contributed by atoms with Crippen LogP contribution >= 0.6 is 12.2 Å². The Bertz CT molecular complexity index is 341. The predicted octanol–water partition coefficient (Wildman–Crippen LogP) is 1.85. The standard InChI is InChI=1S/C10H15N3S/c1-7-5-8(13-11-6-7)9(14)12-10(2,3)4/h5-6H,1-4H3,(H,12,14). The largest absolute Gasteiger partial charge is 0.370 e. The number of hydrogen-bond acceptors (Lipinski definition) is 3. The predicted molar refractivity (Wildman–Crippen MR) is 61.4 cm³/mol. The van der Waals surface area contributed by atoms with Crippen molar-refractivity contribution in [3.8, 4) is 0 Å². The first kappa shape index (κ1) is 11.0. The zero-order chi connectivity index (χ0) is 10.8. The topological polar surface area (TPSA) is 37.8 Å². The lowest BCUT2D eigenvalue weighted by Gasteiger charge is -2.21. The van der Waals surface area contributed by atoms with Crippen molar-refractivity contribution in [1.82, 2.24) is 15.5 Å². The minimum atomic E-state index is -0.0392. The number of thiocarbonyl (C=S) groups is 1. The molecule has 4 heteroatoms. The van der Waals surface area contributed by atoms with Gasteiger partial charge >= 0.3 is 0 Å². The van der Waals surface area contributed by atoms with Gasteiger partial charge in [-0.05, 0) is 39.3 Å². The van der Waals surface area contributed by atoms with Gasteiger partial charge in [0.15, 0.2) is 0 Å². The first-order valence-corrected chi connectivity index (χ1v) is 4.91. The molecule has 0 spiro atoms. The Hall–Kier alpha value is -1.03. The van der Waals surface area contributed by atoms with E-state index in [1.807, 2.05) is 13.0 Å². The van der Waals surface area contributed by atoms with Crippen LogP contribution in [-0.4, -0.2) is 20.7 Å². The van der Waals surface area contributed by atoms with E-state index < -0.39 is 0 Å². The molecule has 0 aliphatic carbocycles. The summed E-state index contributed by atoms with van der Waals surface area (Å²) in [5, 5.41) is 11.0. The lowest BCUT2D eigenvalue weighted by atomic mass is 10.1. The molecule has 0 saturated carbocycles. The number of aromatic nitrogens is 2. The van der Waals surface area contributed by atoms with Crippen LogP contribution in [0.4, 0.5) is 0 Å². The molecule has 1 aromatic heterocycles. The highest BCUT2D eigenvalue weighted by atomic mass is 32.1. The second-order valence-corrected chi connectivity index (χ2v) is 4.73. The average molecular weight is 209 g/mol. The summed E-state index contributed by atoms with van der Waals surface area (Å²) in [6.07, 6.45) is 1.71. The Morgan fingerprint density at radius 3 is 2.57 bits per heavy atom. The second kappa shape index (κ2) is 4.00. The van der Waals surface area contributed by atoms with Crippen LogP contribution in [-0.2, 0) is 0 Å². The number of hydrogen-bond donors (Lipinski definition) is 1. The Morgan fingerprint density at radius 1 is 1.43 bits per heavy atom. The van der Waals surface area contributed by atoms with E-state index in [-0.39, 0.29) is 5.54 Å². The number of nitrogens with zero attached hydrogens (tertiary/aromatic N) is 2. The third-order valence-electron chi connectivity index (χ3n) is 1.51. The van der Waals surface area contributed by atoms with Crippen molar-refractivity contribution in [2.75, 3.05) is 0 Å². The van der Waals surface area contributed by atoms with Crippen LogP contribution in [0.3, 0.4) is 0 Å². The van der Waals surface area contributed by atoms with E-state index in [0.717, 1.165) is 11.3 Å². The van der Waals surface area contributed by atoms with Gasteiger partial charge in [0.05, 0.1) is 6.20 Å². The Morgan fingerprint density at radius 2 is 2.07 bits per heavy atom. The van der Waals surface area contributed by atoms with Crippen LogP contribution in [0.1, 0.15) is 32.0 Å². The molecule has 76 valence electrons. The van der Waals surface area contributed by atoms with Crippen LogP contribution in [0.5, 0.6) is 0 Å². The highest BCUT2D eigenvalue weighted by molar-refractivity contribution is 7.80. The molecule has 0 bridgehead atoms. The lowest BCUT2D eigenvalue weighted by Crippen LogP contribution is -2.40. The van der Waals surface area contributed by atoms with Crippen molar-refractivity contribution >= 4 is 17.2 Å². The molecule has 1 N–H and O–H groups in total. The summed E-state index contributed by atoms with van der Waals surface area (Å²) in [5.41, 5.74) is 1.76. The van der Waals surface area contributed by atoms with E-state index >= 15 is 0 Å². The van der Waals surface area contributed by atoms with Gasteiger partial charge in [-0.25, -0.2) is 0 Å². The van der Waals surface area contributed by atoms with Crippen LogP contribution in [0.15, 0.2) is 12.3 Å². The molecule has 0 aliphatic rings. The molecule has 0 aromatic carbocycles. The summed E-state index contributed by atoms with van der Waals surface area (Å²) in [6.45, 7) is 8.14. The highest BCUT2D eigenvalue weighted by Gasteiger charge is 2.13. The molecule has 0 atom stereocenters. The maximum atomic E-state index is 5.21. The van der Waals surface area contributed by atoms with E-state index in [4.69, 9.17) is 12.2 Å². The lowest BCUT2D eigenvalue weighted by molar-refractivity contribution is 0.515. The van der Waals surface area contributed by atoms with E-state index in [1.165, 1.54) is 0 Å². The molecule has 0 aliphatic heterocycles. The molecule has 1 rings (SSSR count). The van der Waals surface area contributed by atoms with Gasteiger partial charge in [0, 0.05) is 5.54 Å². The van der Waals surface area contributed by atoms with Crippen molar-refractivity contribution in [1.29, 1.82) is 0 Å². The Kier molecular flexibility index (Phi) is 3.16. The van der Waals surface area contributed by atoms with Gasteiger partial charge in [0.2, 0.25) is 0 Å². The Balaban J connectivity index is 2.80.